The molecule has 0 saturated carbocycles. The maximum absolute atomic E-state index is 13.9. The van der Waals surface area contributed by atoms with E-state index < -0.39 is 78.3 Å². The van der Waals surface area contributed by atoms with Gasteiger partial charge in [-0.25, -0.2) is 0 Å². The molecule has 0 aliphatic carbocycles. The van der Waals surface area contributed by atoms with Gasteiger partial charge in [0.05, 0.1) is 12.6 Å². The molecule has 0 aliphatic rings. The minimum Gasteiger partial charge on any atom is -0.508 e. The Hall–Kier alpha value is -5.75. The lowest BCUT2D eigenvalue weighted by atomic mass is 9.99. The van der Waals surface area contributed by atoms with Gasteiger partial charge in [0.2, 0.25) is 35.4 Å². The van der Waals surface area contributed by atoms with E-state index in [1.165, 1.54) is 12.1 Å². The molecule has 6 atom stereocenters. The average Bonchev–Trinajstić information content (AvgIpc) is 3.14. The van der Waals surface area contributed by atoms with Crippen molar-refractivity contribution in [2.75, 3.05) is 13.2 Å². The lowest BCUT2D eigenvalue weighted by Crippen LogP contribution is -2.60. The third-order valence-electron chi connectivity index (χ3n) is 8.75. The maximum atomic E-state index is 13.9. The molecule has 18 nitrogen and oxygen atoms in total. The van der Waals surface area contributed by atoms with Crippen molar-refractivity contribution in [2.24, 2.45) is 39.8 Å². The summed E-state index contributed by atoms with van der Waals surface area (Å²) in [7, 11) is 0. The van der Waals surface area contributed by atoms with E-state index in [1.807, 2.05) is 33.8 Å². The number of aliphatic hydroxyl groups excluding tert-OH is 1. The number of aromatic hydroxyl groups is 1. The van der Waals surface area contributed by atoms with Gasteiger partial charge in [0.15, 0.2) is 5.96 Å². The number of rotatable bonds is 24. The second kappa shape index (κ2) is 24.0. The van der Waals surface area contributed by atoms with Crippen LogP contribution in [0.25, 0.3) is 0 Å². The summed E-state index contributed by atoms with van der Waals surface area (Å²) in [4.78, 5) is 83.8. The van der Waals surface area contributed by atoms with Crippen LogP contribution in [0.15, 0.2) is 59.6 Å². The van der Waals surface area contributed by atoms with Gasteiger partial charge < -0.3 is 59.7 Å². The number of hydrogen-bond acceptors (Lipinski definition) is 10. The Morgan fingerprint density at radius 3 is 1.56 bits per heavy atom. The van der Waals surface area contributed by atoms with E-state index in [2.05, 4.69) is 31.6 Å². The Morgan fingerprint density at radius 1 is 0.614 bits per heavy atom. The molecule has 2 rings (SSSR count). The maximum Gasteiger partial charge on any atom is 0.245 e. The number of nitrogens with one attached hydrogen (secondary N) is 5. The van der Waals surface area contributed by atoms with Gasteiger partial charge in [-0.2, -0.15) is 0 Å². The van der Waals surface area contributed by atoms with E-state index in [4.69, 9.17) is 22.9 Å². The summed E-state index contributed by atoms with van der Waals surface area (Å²) < 4.78 is 0. The zero-order valence-electron chi connectivity index (χ0n) is 33.1. The highest BCUT2D eigenvalue weighted by Gasteiger charge is 2.33. The van der Waals surface area contributed by atoms with Crippen LogP contribution in [0, 0.1) is 11.8 Å². The number of carbonyl (C=O) groups is 6. The molecule has 314 valence electrons. The van der Waals surface area contributed by atoms with Crippen molar-refractivity contribution in [3.05, 3.63) is 65.7 Å². The smallest absolute Gasteiger partial charge is 0.245 e. The van der Waals surface area contributed by atoms with Crippen molar-refractivity contribution in [1.82, 2.24) is 26.6 Å². The number of carbonyl (C=O) groups excluding carboxylic acids is 6. The summed E-state index contributed by atoms with van der Waals surface area (Å²) in [5, 5.41) is 32.7. The van der Waals surface area contributed by atoms with Gasteiger partial charge in [-0.05, 0) is 67.2 Å². The largest absolute Gasteiger partial charge is 0.508 e. The minimum absolute atomic E-state index is 0.00627. The minimum atomic E-state index is -1.42. The molecule has 0 unspecified atom stereocenters. The molecule has 0 saturated heterocycles. The average molecular weight is 797 g/mol. The molecule has 0 bridgehead atoms. The normalized spacial score (nSPS) is 14.2. The standard InChI is InChI=1S/C39H60N10O8/c1-22(2)17-30(36(55)45-28(11-8-16-44-39(42)43)35(54)46-29(33(41)52)20-25-12-14-26(51)15-13-25)47-37(56)31(18-23(3)4)48-38(57)32(21-50)49-34(53)27(40)19-24-9-6-5-7-10-24/h5-7,9-10,12-15,22-23,27-32,50-51H,8,11,16-21,40H2,1-4H3,(H2,41,52)(H,45,55)(H,46,54)(H,47,56)(H,48,57)(H,49,53)(H4,42,43,44)/t27-,28-,29-,30-,31-,32-/m0/s1. The molecular weight excluding hydrogens is 736 g/mol. The van der Waals surface area contributed by atoms with E-state index in [0.717, 1.165) is 5.56 Å². The topological polar surface area (TPSA) is 319 Å². The predicted molar refractivity (Wildman–Crippen MR) is 215 cm³/mol. The summed E-state index contributed by atoms with van der Waals surface area (Å²) in [5.41, 5.74) is 24.0. The zero-order chi connectivity index (χ0) is 42.7. The number of nitrogens with two attached hydrogens (primary N) is 4. The van der Waals surface area contributed by atoms with Gasteiger partial charge >= 0.3 is 0 Å². The molecule has 57 heavy (non-hydrogen) atoms. The first-order valence-electron chi connectivity index (χ1n) is 18.9. The zero-order valence-corrected chi connectivity index (χ0v) is 33.1. The summed E-state index contributed by atoms with van der Waals surface area (Å²) in [5.74, 6) is -4.87. The fourth-order valence-corrected chi connectivity index (χ4v) is 5.79. The van der Waals surface area contributed by atoms with Crippen LogP contribution in [0.3, 0.4) is 0 Å². The molecule has 18 heteroatoms. The van der Waals surface area contributed by atoms with E-state index in [-0.39, 0.29) is 68.6 Å². The van der Waals surface area contributed by atoms with Crippen LogP contribution in [0.5, 0.6) is 5.75 Å². The highest BCUT2D eigenvalue weighted by molar-refractivity contribution is 5.96. The van der Waals surface area contributed by atoms with E-state index in [1.54, 1.807) is 36.4 Å². The predicted octanol–water partition coefficient (Wildman–Crippen LogP) is -1.45. The monoisotopic (exact) mass is 796 g/mol. The van der Waals surface area contributed by atoms with Gasteiger partial charge in [-0.15, -0.1) is 0 Å². The molecule has 0 spiro atoms. The highest BCUT2D eigenvalue weighted by atomic mass is 16.3. The van der Waals surface area contributed by atoms with Crippen LogP contribution in [0.1, 0.15) is 64.5 Å². The second-order valence-electron chi connectivity index (χ2n) is 14.8. The second-order valence-corrected chi connectivity index (χ2v) is 14.8. The number of benzene rings is 2. The van der Waals surface area contributed by atoms with E-state index in [0.29, 0.717) is 5.56 Å². The van der Waals surface area contributed by atoms with Gasteiger partial charge in [-0.3, -0.25) is 33.8 Å². The molecule has 6 amide bonds. The third kappa shape index (κ3) is 17.7. The Bertz CT molecular complexity index is 1650. The Labute approximate surface area is 333 Å². The van der Waals surface area contributed by atoms with Crippen molar-refractivity contribution in [3.8, 4) is 5.75 Å². The summed E-state index contributed by atoms with van der Waals surface area (Å²) in [6, 6.07) is 7.84. The first kappa shape index (κ1) is 47.4. The number of amides is 6. The number of nitrogens with zero attached hydrogens (tertiary/aromatic N) is 1. The van der Waals surface area contributed by atoms with Crippen molar-refractivity contribution >= 4 is 41.4 Å². The molecule has 0 aliphatic heterocycles. The highest BCUT2D eigenvalue weighted by Crippen LogP contribution is 2.13. The first-order valence-corrected chi connectivity index (χ1v) is 18.9. The summed E-state index contributed by atoms with van der Waals surface area (Å²) >= 11 is 0. The van der Waals surface area contributed by atoms with Gasteiger partial charge in [0.1, 0.15) is 36.0 Å². The molecule has 15 N–H and O–H groups in total. The van der Waals surface area contributed by atoms with E-state index >= 15 is 0 Å². The quantitative estimate of drug-likeness (QED) is 0.0332. The Kier molecular flexibility index (Phi) is 20.0. The van der Waals surface area contributed by atoms with Crippen LogP contribution >= 0.6 is 0 Å². The van der Waals surface area contributed by atoms with Gasteiger partial charge in [0, 0.05) is 13.0 Å². The fourth-order valence-electron chi connectivity index (χ4n) is 5.79. The third-order valence-corrected chi connectivity index (χ3v) is 8.75. The summed E-state index contributed by atoms with van der Waals surface area (Å²) in [6.45, 7) is 6.67. The number of aliphatic imine (C=N–C) groups is 1. The van der Waals surface area contributed by atoms with Crippen LogP contribution in [-0.2, 0) is 41.6 Å². The van der Waals surface area contributed by atoms with Crippen LogP contribution in [0.4, 0.5) is 0 Å². The Morgan fingerprint density at radius 2 is 1.07 bits per heavy atom. The molecular formula is C39H60N10O8. The number of hydrogen-bond donors (Lipinski definition) is 11. The van der Waals surface area contributed by atoms with Crippen molar-refractivity contribution < 1.29 is 39.0 Å². The number of guanidine groups is 1. The molecule has 2 aromatic rings. The molecule has 0 aromatic heterocycles. The van der Waals surface area contributed by atoms with E-state index in [9.17, 15) is 39.0 Å². The number of phenols is 1. The van der Waals surface area contributed by atoms with Crippen LogP contribution in [-0.4, -0.2) is 101 Å². The molecule has 0 heterocycles. The Balaban J connectivity index is 2.24. The number of aliphatic hydroxyl groups is 1. The van der Waals surface area contributed by atoms with Crippen LogP contribution in [0.2, 0.25) is 0 Å². The van der Waals surface area contributed by atoms with Crippen molar-refractivity contribution in [3.63, 3.8) is 0 Å². The number of phenolic OH excluding ortho intramolecular Hbond substituents is 1. The lowest BCUT2D eigenvalue weighted by Gasteiger charge is -2.28. The SMILES string of the molecule is CC(C)C[C@H](NC(=O)[C@H](CC(C)C)NC(=O)[C@H](CO)NC(=O)[C@@H](N)Cc1ccccc1)C(=O)N[C@@H](CCCN=C(N)N)C(=O)N[C@@H](Cc1ccc(O)cc1)C(N)=O. The molecule has 2 aromatic carbocycles. The van der Waals surface area contributed by atoms with Crippen LogP contribution < -0.4 is 49.5 Å². The molecule has 0 fully saturated rings. The lowest BCUT2D eigenvalue weighted by molar-refractivity contribution is -0.135. The number of primary amides is 1. The van der Waals surface area contributed by atoms with Gasteiger partial charge in [0.25, 0.3) is 0 Å². The van der Waals surface area contributed by atoms with Gasteiger partial charge in [-0.1, -0.05) is 70.2 Å². The molecule has 0 radical (unpaired) electrons. The fraction of sp³-hybridized carbons (Fsp3) is 0.513. The van der Waals surface area contributed by atoms with Crippen molar-refractivity contribution in [2.45, 2.75) is 102 Å². The first-order chi connectivity index (χ1) is 26.9. The van der Waals surface area contributed by atoms with Crippen molar-refractivity contribution in [1.29, 1.82) is 0 Å². The summed E-state index contributed by atoms with van der Waals surface area (Å²) in [6.07, 6.45) is 0.760.